The second-order valence-electron chi connectivity index (χ2n) is 8.88. The van der Waals surface area contributed by atoms with Crippen LogP contribution in [0.2, 0.25) is 0 Å². The van der Waals surface area contributed by atoms with Crippen molar-refractivity contribution in [1.29, 1.82) is 5.26 Å². The van der Waals surface area contributed by atoms with Crippen LogP contribution in [0.15, 0.2) is 36.8 Å². The van der Waals surface area contributed by atoms with Crippen LogP contribution in [0.25, 0.3) is 5.82 Å². The van der Waals surface area contributed by atoms with Crippen LogP contribution in [0.1, 0.15) is 49.8 Å². The summed E-state index contributed by atoms with van der Waals surface area (Å²) in [6.45, 7) is 7.99. The van der Waals surface area contributed by atoms with Gasteiger partial charge in [-0.05, 0) is 49.7 Å². The number of nitriles is 1. The molecule has 0 spiro atoms. The number of likely N-dealkylation sites (N-methyl/N-ethyl adjacent to an activating group) is 1. The Bertz CT molecular complexity index is 1270. The smallest absolute Gasteiger partial charge is 0.338 e. The number of hydrogen-bond acceptors (Lipinski definition) is 7. The molecule has 0 radical (unpaired) electrons. The third kappa shape index (κ3) is 3.90. The zero-order valence-electron chi connectivity index (χ0n) is 19.1. The molecule has 1 saturated heterocycles. The molecule has 0 saturated carbocycles. The number of ether oxygens (including phenoxy) is 1. The molecule has 3 aromatic rings. The molecule has 8 nitrogen and oxygen atoms in total. The first-order valence-electron chi connectivity index (χ1n) is 11.1. The molecule has 2 aromatic heterocycles. The van der Waals surface area contributed by atoms with Crippen molar-refractivity contribution in [3.8, 4) is 11.9 Å². The van der Waals surface area contributed by atoms with Gasteiger partial charge in [0.25, 0.3) is 0 Å². The van der Waals surface area contributed by atoms with Crippen molar-refractivity contribution < 1.29 is 9.53 Å². The van der Waals surface area contributed by atoms with Gasteiger partial charge in [0, 0.05) is 55.7 Å². The number of rotatable bonds is 4. The fourth-order valence-electron chi connectivity index (χ4n) is 4.75. The Kier molecular flexibility index (Phi) is 5.44. The zero-order chi connectivity index (χ0) is 23.1. The number of pyridine rings is 1. The number of esters is 1. The largest absolute Gasteiger partial charge is 0.457 e. The molecular weight excluding hydrogens is 416 g/mol. The van der Waals surface area contributed by atoms with E-state index in [0.717, 1.165) is 48.4 Å². The maximum Gasteiger partial charge on any atom is 0.338 e. The summed E-state index contributed by atoms with van der Waals surface area (Å²) in [4.78, 5) is 21.1. The fourth-order valence-corrected chi connectivity index (χ4v) is 4.75. The number of carbonyl (C=O) groups excluding carboxylic acids is 1. The van der Waals surface area contributed by atoms with E-state index in [1.54, 1.807) is 10.9 Å². The molecule has 4 heterocycles. The van der Waals surface area contributed by atoms with E-state index in [0.29, 0.717) is 23.6 Å². The van der Waals surface area contributed by atoms with Crippen LogP contribution in [0.3, 0.4) is 0 Å². The third-order valence-electron chi connectivity index (χ3n) is 6.79. The lowest BCUT2D eigenvalue weighted by molar-refractivity contribution is 0.0535. The van der Waals surface area contributed by atoms with Gasteiger partial charge in [0.2, 0.25) is 0 Å². The average Bonchev–Trinajstić information content (AvgIpc) is 3.43. The molecule has 1 aromatic carbocycles. The van der Waals surface area contributed by atoms with E-state index >= 15 is 0 Å². The first kappa shape index (κ1) is 21.3. The van der Waals surface area contributed by atoms with Crippen LogP contribution >= 0.6 is 0 Å². The molecule has 33 heavy (non-hydrogen) atoms. The van der Waals surface area contributed by atoms with Gasteiger partial charge in [-0.15, -0.1) is 0 Å². The minimum atomic E-state index is -0.220. The maximum absolute atomic E-state index is 11.9. The molecule has 0 bridgehead atoms. The second-order valence-corrected chi connectivity index (χ2v) is 8.88. The number of benzene rings is 1. The monoisotopic (exact) mass is 442 g/mol. The molecule has 1 fully saturated rings. The van der Waals surface area contributed by atoms with Crippen molar-refractivity contribution >= 4 is 5.97 Å². The van der Waals surface area contributed by atoms with Gasteiger partial charge in [-0.3, -0.25) is 9.80 Å². The van der Waals surface area contributed by atoms with E-state index in [9.17, 15) is 4.79 Å². The number of hydrogen-bond donors (Lipinski definition) is 0. The predicted octanol–water partition coefficient (Wildman–Crippen LogP) is 2.91. The lowest BCUT2D eigenvalue weighted by atomic mass is 9.92. The van der Waals surface area contributed by atoms with E-state index in [1.807, 2.05) is 31.5 Å². The van der Waals surface area contributed by atoms with Gasteiger partial charge in [0.15, 0.2) is 5.82 Å². The van der Waals surface area contributed by atoms with Gasteiger partial charge in [-0.1, -0.05) is 6.07 Å². The molecule has 1 atom stereocenters. The van der Waals surface area contributed by atoms with Gasteiger partial charge in [-0.25, -0.2) is 14.5 Å². The zero-order valence-corrected chi connectivity index (χ0v) is 19.1. The van der Waals surface area contributed by atoms with Crippen LogP contribution in [0.5, 0.6) is 0 Å². The van der Waals surface area contributed by atoms with Gasteiger partial charge in [0.05, 0.1) is 17.3 Å². The topological polar surface area (TPSA) is 87.3 Å². The number of aromatic nitrogens is 3. The number of piperazine rings is 1. The summed E-state index contributed by atoms with van der Waals surface area (Å²) in [6.07, 6.45) is 5.48. The van der Waals surface area contributed by atoms with Crippen LogP contribution in [-0.4, -0.2) is 57.2 Å². The number of fused-ring (bicyclic) bond motifs is 1. The Morgan fingerprint density at radius 3 is 2.88 bits per heavy atom. The summed E-state index contributed by atoms with van der Waals surface area (Å²) in [5.74, 6) is 0.488. The predicted molar refractivity (Wildman–Crippen MR) is 122 cm³/mol. The summed E-state index contributed by atoms with van der Waals surface area (Å²) >= 11 is 0. The van der Waals surface area contributed by atoms with Crippen LogP contribution < -0.4 is 0 Å². The lowest BCUT2D eigenvalue weighted by Gasteiger charge is -2.40. The van der Waals surface area contributed by atoms with Crippen molar-refractivity contribution in [3.63, 3.8) is 0 Å². The molecule has 5 rings (SSSR count). The Morgan fingerprint density at radius 2 is 2.09 bits per heavy atom. The average molecular weight is 443 g/mol. The van der Waals surface area contributed by atoms with E-state index in [1.165, 1.54) is 5.56 Å². The fraction of sp³-hybridized carbons (Fsp3) is 0.360. The Morgan fingerprint density at radius 1 is 1.24 bits per heavy atom. The number of nitrogens with zero attached hydrogens (tertiary/aromatic N) is 6. The van der Waals surface area contributed by atoms with Crippen molar-refractivity contribution in [1.82, 2.24) is 24.6 Å². The highest BCUT2D eigenvalue weighted by atomic mass is 16.5. The van der Waals surface area contributed by atoms with Crippen molar-refractivity contribution in [2.24, 2.45) is 0 Å². The molecule has 8 heteroatoms. The normalized spacial score (nSPS) is 18.7. The minimum Gasteiger partial charge on any atom is -0.457 e. The summed E-state index contributed by atoms with van der Waals surface area (Å²) in [5.41, 5.74) is 6.72. The summed E-state index contributed by atoms with van der Waals surface area (Å²) in [6, 6.07) is 8.28. The molecule has 2 aliphatic heterocycles. The first-order chi connectivity index (χ1) is 15.9. The summed E-state index contributed by atoms with van der Waals surface area (Å²) in [7, 11) is 2.16. The van der Waals surface area contributed by atoms with Crippen molar-refractivity contribution in [2.45, 2.75) is 33.0 Å². The molecular formula is C25H26N6O2. The first-order valence-corrected chi connectivity index (χ1v) is 11.1. The summed E-state index contributed by atoms with van der Waals surface area (Å²) < 4.78 is 7.00. The lowest BCUT2D eigenvalue weighted by Crippen LogP contribution is -2.46. The molecule has 0 N–H and O–H groups in total. The molecule has 0 amide bonds. The van der Waals surface area contributed by atoms with E-state index < -0.39 is 0 Å². The van der Waals surface area contributed by atoms with E-state index in [2.05, 4.69) is 46.0 Å². The Labute approximate surface area is 193 Å². The standard InChI is InChI=1S/C25H26N6O2/c1-16-8-24(27-11-19(16)9-26)31-13-18(10-28-31)12-30-7-6-29(3)23(14-30)20-4-5-21-22(17(20)2)15-33-25(21)32/h4-5,8,10-11,13,23H,6-7,12,14-15H2,1-3H3. The highest BCUT2D eigenvalue weighted by Gasteiger charge is 2.30. The van der Waals surface area contributed by atoms with Crippen molar-refractivity contribution in [2.75, 3.05) is 26.7 Å². The highest BCUT2D eigenvalue weighted by molar-refractivity contribution is 5.94. The van der Waals surface area contributed by atoms with E-state index in [4.69, 9.17) is 10.00 Å². The van der Waals surface area contributed by atoms with Gasteiger partial charge in [0.1, 0.15) is 12.7 Å². The van der Waals surface area contributed by atoms with Crippen molar-refractivity contribution in [3.05, 3.63) is 75.7 Å². The van der Waals surface area contributed by atoms with Gasteiger partial charge >= 0.3 is 5.97 Å². The molecule has 0 aliphatic carbocycles. The Balaban J connectivity index is 1.33. The highest BCUT2D eigenvalue weighted by Crippen LogP contribution is 2.33. The molecule has 168 valence electrons. The van der Waals surface area contributed by atoms with Crippen LogP contribution in [0, 0.1) is 25.2 Å². The molecule has 1 unspecified atom stereocenters. The third-order valence-corrected chi connectivity index (χ3v) is 6.79. The number of carbonyl (C=O) groups is 1. The maximum atomic E-state index is 11.9. The van der Waals surface area contributed by atoms with E-state index in [-0.39, 0.29) is 12.0 Å². The van der Waals surface area contributed by atoms with Crippen LogP contribution in [-0.2, 0) is 17.9 Å². The quantitative estimate of drug-likeness (QED) is 0.574. The van der Waals surface area contributed by atoms with Gasteiger partial charge < -0.3 is 4.74 Å². The molecule has 2 aliphatic rings. The number of cyclic esters (lactones) is 1. The van der Waals surface area contributed by atoms with Gasteiger partial charge in [-0.2, -0.15) is 10.4 Å². The second kappa shape index (κ2) is 8.43. The summed E-state index contributed by atoms with van der Waals surface area (Å²) in [5, 5.41) is 13.6. The Hall–Kier alpha value is -3.54. The number of aryl methyl sites for hydroxylation is 1. The SMILES string of the molecule is Cc1cc(-n2cc(CN3CCN(C)C(c4ccc5c(c4C)COC5=O)C3)cn2)ncc1C#N. The minimum absolute atomic E-state index is 0.220. The van der Waals surface area contributed by atoms with Crippen LogP contribution in [0.4, 0.5) is 0 Å².